The van der Waals surface area contributed by atoms with Gasteiger partial charge in [0.05, 0.1) is 17.8 Å². The molecule has 0 N–H and O–H groups in total. The summed E-state index contributed by atoms with van der Waals surface area (Å²) in [5, 5.41) is 0. The summed E-state index contributed by atoms with van der Waals surface area (Å²) >= 11 is 0. The zero-order valence-electron chi connectivity index (χ0n) is 15.4. The first kappa shape index (κ1) is 17.0. The molecule has 2 aliphatic rings. The molecule has 2 aliphatic heterocycles. The van der Waals surface area contributed by atoms with Crippen LogP contribution in [0, 0.1) is 0 Å². The van der Waals surface area contributed by atoms with E-state index in [-0.39, 0.29) is 11.5 Å². The highest BCUT2D eigenvalue weighted by Gasteiger charge is 2.31. The fourth-order valence-electron chi connectivity index (χ4n) is 3.74. The molecule has 1 atom stereocenters. The number of amides is 1. The van der Waals surface area contributed by atoms with Crippen LogP contribution >= 0.6 is 0 Å². The molecule has 1 aromatic carbocycles. The normalized spacial score (nSPS) is 22.4. The number of aromatic nitrogens is 1. The number of nitrogens with zero attached hydrogens (tertiary/aromatic N) is 3. The average molecular weight is 351 g/mol. The van der Waals surface area contributed by atoms with Gasteiger partial charge in [0, 0.05) is 31.5 Å². The smallest absolute Gasteiger partial charge is 0.259 e. The maximum absolute atomic E-state index is 12.9. The minimum absolute atomic E-state index is 0.0226. The van der Waals surface area contributed by atoms with Crippen molar-refractivity contribution in [2.75, 3.05) is 36.0 Å². The standard InChI is InChI=1S/C21H25N3O2/c1-3-21(2)15-23(12-13-26-21)19-9-8-17(14-22-19)20(25)24-11-10-16-6-4-5-7-18(16)24/h4-9,14H,3,10-13,15H2,1-2H3. The Hall–Kier alpha value is -2.40. The van der Waals surface area contributed by atoms with Gasteiger partial charge in [0.1, 0.15) is 5.82 Å². The summed E-state index contributed by atoms with van der Waals surface area (Å²) in [6.07, 6.45) is 3.59. The largest absolute Gasteiger partial charge is 0.372 e. The van der Waals surface area contributed by atoms with Crippen molar-refractivity contribution >= 4 is 17.4 Å². The average Bonchev–Trinajstić information content (AvgIpc) is 3.12. The van der Waals surface area contributed by atoms with E-state index in [2.05, 4.69) is 29.8 Å². The molecule has 0 saturated carbocycles. The highest BCUT2D eigenvalue weighted by Crippen LogP contribution is 2.29. The van der Waals surface area contributed by atoms with Gasteiger partial charge >= 0.3 is 0 Å². The predicted molar refractivity (Wildman–Crippen MR) is 103 cm³/mol. The van der Waals surface area contributed by atoms with Gasteiger partial charge < -0.3 is 14.5 Å². The van der Waals surface area contributed by atoms with Crippen LogP contribution in [0.1, 0.15) is 36.2 Å². The summed E-state index contributed by atoms with van der Waals surface area (Å²) in [4.78, 5) is 21.6. The van der Waals surface area contributed by atoms with E-state index in [4.69, 9.17) is 4.74 Å². The van der Waals surface area contributed by atoms with Crippen LogP contribution in [0.2, 0.25) is 0 Å². The van der Waals surface area contributed by atoms with E-state index in [0.29, 0.717) is 12.2 Å². The van der Waals surface area contributed by atoms with Crippen molar-refractivity contribution in [3.63, 3.8) is 0 Å². The molecule has 4 rings (SSSR count). The summed E-state index contributed by atoms with van der Waals surface area (Å²) in [6.45, 7) is 7.38. The number of carbonyl (C=O) groups is 1. The second kappa shape index (κ2) is 6.72. The van der Waals surface area contributed by atoms with Gasteiger partial charge in [-0.25, -0.2) is 4.98 Å². The van der Waals surface area contributed by atoms with Crippen molar-refractivity contribution in [1.29, 1.82) is 0 Å². The highest BCUT2D eigenvalue weighted by molar-refractivity contribution is 6.07. The number of para-hydroxylation sites is 1. The lowest BCUT2D eigenvalue weighted by Crippen LogP contribution is -2.50. The van der Waals surface area contributed by atoms with Crippen molar-refractivity contribution in [1.82, 2.24) is 4.98 Å². The van der Waals surface area contributed by atoms with E-state index in [1.165, 1.54) is 5.56 Å². The number of anilines is 2. The fraction of sp³-hybridized carbons (Fsp3) is 0.429. The predicted octanol–water partition coefficient (Wildman–Crippen LogP) is 3.29. The third-order valence-corrected chi connectivity index (χ3v) is 5.54. The van der Waals surface area contributed by atoms with Gasteiger partial charge in [-0.1, -0.05) is 25.1 Å². The van der Waals surface area contributed by atoms with E-state index >= 15 is 0 Å². The van der Waals surface area contributed by atoms with Gasteiger partial charge in [-0.2, -0.15) is 0 Å². The topological polar surface area (TPSA) is 45.7 Å². The van der Waals surface area contributed by atoms with Crippen LogP contribution in [0.25, 0.3) is 0 Å². The Morgan fingerprint density at radius 3 is 2.85 bits per heavy atom. The summed E-state index contributed by atoms with van der Waals surface area (Å²) in [6, 6.07) is 12.0. The number of hydrogen-bond acceptors (Lipinski definition) is 4. The Morgan fingerprint density at radius 1 is 1.23 bits per heavy atom. The van der Waals surface area contributed by atoms with Crippen LogP contribution in [-0.2, 0) is 11.2 Å². The number of fused-ring (bicyclic) bond motifs is 1. The minimum atomic E-state index is -0.131. The Morgan fingerprint density at radius 2 is 2.08 bits per heavy atom. The first-order chi connectivity index (χ1) is 12.6. The molecule has 0 bridgehead atoms. The molecule has 5 nitrogen and oxygen atoms in total. The van der Waals surface area contributed by atoms with Crippen LogP contribution in [0.4, 0.5) is 11.5 Å². The van der Waals surface area contributed by atoms with E-state index in [9.17, 15) is 4.79 Å². The SMILES string of the molecule is CCC1(C)CN(c2ccc(C(=O)N3CCc4ccccc43)cn2)CCO1. The molecule has 0 radical (unpaired) electrons. The summed E-state index contributed by atoms with van der Waals surface area (Å²) in [5.74, 6) is 0.931. The molecule has 1 aromatic heterocycles. The zero-order chi connectivity index (χ0) is 18.1. The Bertz CT molecular complexity index is 805. The first-order valence-electron chi connectivity index (χ1n) is 9.34. The molecule has 5 heteroatoms. The van der Waals surface area contributed by atoms with E-state index in [0.717, 1.165) is 44.0 Å². The maximum Gasteiger partial charge on any atom is 0.259 e. The van der Waals surface area contributed by atoms with E-state index in [1.807, 2.05) is 35.2 Å². The van der Waals surface area contributed by atoms with Gasteiger partial charge in [-0.15, -0.1) is 0 Å². The minimum Gasteiger partial charge on any atom is -0.372 e. The molecular weight excluding hydrogens is 326 g/mol. The fourth-order valence-corrected chi connectivity index (χ4v) is 3.74. The number of pyridine rings is 1. The number of ether oxygens (including phenoxy) is 1. The van der Waals surface area contributed by atoms with Crippen LogP contribution in [0.5, 0.6) is 0 Å². The van der Waals surface area contributed by atoms with Gasteiger partial charge in [-0.05, 0) is 43.5 Å². The summed E-state index contributed by atoms with van der Waals surface area (Å²) in [5.41, 5.74) is 2.76. The van der Waals surface area contributed by atoms with Crippen LogP contribution in [-0.4, -0.2) is 42.7 Å². The second-order valence-electron chi connectivity index (χ2n) is 7.31. The summed E-state index contributed by atoms with van der Waals surface area (Å²) < 4.78 is 5.90. The third kappa shape index (κ3) is 3.07. The molecule has 0 aliphatic carbocycles. The molecule has 1 saturated heterocycles. The molecule has 26 heavy (non-hydrogen) atoms. The molecule has 0 spiro atoms. The molecule has 2 aromatic rings. The molecule has 1 amide bonds. The van der Waals surface area contributed by atoms with Crippen molar-refractivity contribution < 1.29 is 9.53 Å². The molecule has 136 valence electrons. The van der Waals surface area contributed by atoms with E-state index in [1.54, 1.807) is 6.20 Å². The Balaban J connectivity index is 1.51. The maximum atomic E-state index is 12.9. The van der Waals surface area contributed by atoms with Crippen LogP contribution < -0.4 is 9.80 Å². The lowest BCUT2D eigenvalue weighted by molar-refractivity contribution is -0.0443. The monoisotopic (exact) mass is 351 g/mol. The number of rotatable bonds is 3. The van der Waals surface area contributed by atoms with Crippen LogP contribution in [0.15, 0.2) is 42.6 Å². The van der Waals surface area contributed by atoms with Gasteiger partial charge in [-0.3, -0.25) is 4.79 Å². The van der Waals surface area contributed by atoms with Crippen molar-refractivity contribution in [2.45, 2.75) is 32.3 Å². The van der Waals surface area contributed by atoms with Crippen LogP contribution in [0.3, 0.4) is 0 Å². The summed E-state index contributed by atoms with van der Waals surface area (Å²) in [7, 11) is 0. The lowest BCUT2D eigenvalue weighted by atomic mass is 10.0. The van der Waals surface area contributed by atoms with E-state index < -0.39 is 0 Å². The van der Waals surface area contributed by atoms with Crippen molar-refractivity contribution in [3.05, 3.63) is 53.7 Å². The lowest BCUT2D eigenvalue weighted by Gasteiger charge is -2.40. The van der Waals surface area contributed by atoms with Crippen molar-refractivity contribution in [3.8, 4) is 0 Å². The first-order valence-corrected chi connectivity index (χ1v) is 9.34. The zero-order valence-corrected chi connectivity index (χ0v) is 15.4. The molecule has 1 fully saturated rings. The quantitative estimate of drug-likeness (QED) is 0.851. The Labute approximate surface area is 154 Å². The highest BCUT2D eigenvalue weighted by atomic mass is 16.5. The van der Waals surface area contributed by atoms with Gasteiger partial charge in [0.25, 0.3) is 5.91 Å². The molecule has 3 heterocycles. The Kier molecular flexibility index (Phi) is 4.41. The number of morpholine rings is 1. The van der Waals surface area contributed by atoms with Gasteiger partial charge in [0.2, 0.25) is 0 Å². The number of hydrogen-bond donors (Lipinski definition) is 0. The third-order valence-electron chi connectivity index (χ3n) is 5.54. The molecular formula is C21H25N3O2. The van der Waals surface area contributed by atoms with Crippen molar-refractivity contribution in [2.24, 2.45) is 0 Å². The molecule has 1 unspecified atom stereocenters. The number of carbonyl (C=O) groups excluding carboxylic acids is 1. The van der Waals surface area contributed by atoms with Gasteiger partial charge in [0.15, 0.2) is 0 Å². The second-order valence-corrected chi connectivity index (χ2v) is 7.31. The number of benzene rings is 1.